The van der Waals surface area contributed by atoms with Crippen molar-refractivity contribution in [1.29, 1.82) is 0 Å². The van der Waals surface area contributed by atoms with Gasteiger partial charge in [-0.05, 0) is 110 Å². The molecule has 6 heteroatoms. The molecule has 262 valence electrons. The van der Waals surface area contributed by atoms with E-state index in [0.717, 1.165) is 49.4 Å². The van der Waals surface area contributed by atoms with Gasteiger partial charge in [-0.1, -0.05) is 89.6 Å². The third-order valence-corrected chi connectivity index (χ3v) is 11.6. The Morgan fingerprint density at radius 2 is 1.34 bits per heavy atom. The van der Waals surface area contributed by atoms with Crippen molar-refractivity contribution in [2.45, 2.75) is 122 Å². The van der Waals surface area contributed by atoms with Crippen LogP contribution >= 0.6 is 0 Å². The topological polar surface area (TPSA) is 93.1 Å². The largest absolute Gasteiger partial charge is 0.462 e. The number of carbonyl (C=O) groups excluding carboxylic acids is 2. The molecule has 0 spiro atoms. The zero-order valence-electron chi connectivity index (χ0n) is 29.2. The number of carbonyl (C=O) groups is 2. The number of ether oxygens (including phenoxy) is 2. The number of hydrogen-bond donors (Lipinski definition) is 2. The quantitative estimate of drug-likeness (QED) is 0.0948. The second kappa shape index (κ2) is 19.5. The predicted octanol–water partition coefficient (Wildman–Crippen LogP) is 8.11. The molecule has 1 unspecified atom stereocenters. The summed E-state index contributed by atoms with van der Waals surface area (Å²) in [5.41, 5.74) is 4.31. The van der Waals surface area contributed by atoms with E-state index in [1.165, 1.54) is 107 Å². The monoisotopic (exact) mass is 650 g/mol. The van der Waals surface area contributed by atoms with E-state index in [0.29, 0.717) is 5.92 Å². The van der Waals surface area contributed by atoms with E-state index in [4.69, 9.17) is 9.47 Å². The first-order valence-electron chi connectivity index (χ1n) is 18.8. The van der Waals surface area contributed by atoms with Crippen LogP contribution in [0.2, 0.25) is 0 Å². The standard InChI is InChI=1S/C41H62O6/c1-4-5-6-7-31-10-16-36(17-11-31)37-18-12-32(13-19-37)8-9-33-14-20-39-24-34(15-21-38(39)23-33)22-35(27-46-40(44)29(2)25-42)28-47-41(45)30(3)26-43/h14,20,23,31-32,34-37,42-43H,2-13,15-19,21-22,24-28H2,1H3. The number of hydrogen-bond acceptors (Lipinski definition) is 6. The highest BCUT2D eigenvalue weighted by atomic mass is 16.5. The number of esters is 2. The maximum atomic E-state index is 12.1. The van der Waals surface area contributed by atoms with Crippen LogP contribution in [-0.2, 0) is 38.3 Å². The molecule has 1 aromatic carbocycles. The first-order valence-corrected chi connectivity index (χ1v) is 18.8. The molecule has 0 aromatic heterocycles. The van der Waals surface area contributed by atoms with Crippen molar-refractivity contribution in [1.82, 2.24) is 0 Å². The van der Waals surface area contributed by atoms with E-state index in [2.05, 4.69) is 38.3 Å². The molecule has 1 atom stereocenters. The van der Waals surface area contributed by atoms with Crippen LogP contribution in [0.1, 0.15) is 120 Å². The van der Waals surface area contributed by atoms with Gasteiger partial charge in [0, 0.05) is 5.92 Å². The zero-order valence-corrected chi connectivity index (χ0v) is 29.2. The molecule has 0 saturated heterocycles. The Bertz CT molecular complexity index is 1120. The van der Waals surface area contributed by atoms with Crippen LogP contribution in [0, 0.1) is 35.5 Å². The highest BCUT2D eigenvalue weighted by Crippen LogP contribution is 2.43. The maximum Gasteiger partial charge on any atom is 0.335 e. The summed E-state index contributed by atoms with van der Waals surface area (Å²) in [4.78, 5) is 24.2. The van der Waals surface area contributed by atoms with E-state index in [9.17, 15) is 19.8 Å². The Morgan fingerprint density at radius 3 is 1.89 bits per heavy atom. The fourth-order valence-electron chi connectivity index (χ4n) is 8.57. The summed E-state index contributed by atoms with van der Waals surface area (Å²) in [5.74, 6) is 2.76. The molecule has 6 nitrogen and oxygen atoms in total. The highest BCUT2D eigenvalue weighted by Gasteiger charge is 2.31. The SMILES string of the molecule is C=C(CO)C(=O)OCC(COC(=O)C(=C)CO)CC1CCc2cc(CCC3CCC(C4CCC(CCCCC)CC4)CC3)ccc2C1. The normalized spacial score (nSPS) is 24.4. The third-order valence-electron chi connectivity index (χ3n) is 11.6. The summed E-state index contributed by atoms with van der Waals surface area (Å²) in [5, 5.41) is 18.4. The van der Waals surface area contributed by atoms with Crippen molar-refractivity contribution >= 4 is 11.9 Å². The summed E-state index contributed by atoms with van der Waals surface area (Å²) in [7, 11) is 0. The van der Waals surface area contributed by atoms with Crippen molar-refractivity contribution in [3.05, 3.63) is 59.2 Å². The summed E-state index contributed by atoms with van der Waals surface area (Å²) >= 11 is 0. The molecular formula is C41H62O6. The average molecular weight is 651 g/mol. The van der Waals surface area contributed by atoms with Gasteiger partial charge in [0.1, 0.15) is 0 Å². The first kappa shape index (κ1) is 37.4. The van der Waals surface area contributed by atoms with Gasteiger partial charge in [0.2, 0.25) is 0 Å². The molecule has 0 amide bonds. The van der Waals surface area contributed by atoms with Crippen molar-refractivity contribution in [2.75, 3.05) is 26.4 Å². The van der Waals surface area contributed by atoms with Crippen LogP contribution in [-0.4, -0.2) is 48.6 Å². The number of aliphatic hydroxyl groups excluding tert-OH is 2. The highest BCUT2D eigenvalue weighted by molar-refractivity contribution is 5.88. The van der Waals surface area contributed by atoms with Crippen LogP contribution in [0.5, 0.6) is 0 Å². The Labute approximate surface area is 284 Å². The second-order valence-electron chi connectivity index (χ2n) is 15.1. The van der Waals surface area contributed by atoms with Gasteiger partial charge in [-0.3, -0.25) is 0 Å². The Morgan fingerprint density at radius 1 is 0.766 bits per heavy atom. The van der Waals surface area contributed by atoms with Crippen LogP contribution in [0.25, 0.3) is 0 Å². The molecule has 0 heterocycles. The molecule has 2 saturated carbocycles. The summed E-state index contributed by atoms with van der Waals surface area (Å²) < 4.78 is 10.7. The number of rotatable bonds is 18. The molecular weight excluding hydrogens is 588 g/mol. The lowest BCUT2D eigenvalue weighted by molar-refractivity contribution is -0.145. The second-order valence-corrected chi connectivity index (χ2v) is 15.1. The fraction of sp³-hybridized carbons (Fsp3) is 0.707. The molecule has 4 rings (SSSR count). The van der Waals surface area contributed by atoms with Gasteiger partial charge in [-0.15, -0.1) is 0 Å². The number of aliphatic hydroxyl groups is 2. The van der Waals surface area contributed by atoms with Crippen molar-refractivity contribution in [3.63, 3.8) is 0 Å². The van der Waals surface area contributed by atoms with E-state index in [-0.39, 0.29) is 30.3 Å². The number of unbranched alkanes of at least 4 members (excludes halogenated alkanes) is 2. The molecule has 0 aliphatic heterocycles. The van der Waals surface area contributed by atoms with Crippen LogP contribution in [0.15, 0.2) is 42.5 Å². The smallest absolute Gasteiger partial charge is 0.335 e. The number of benzene rings is 1. The van der Waals surface area contributed by atoms with E-state index in [1.54, 1.807) is 0 Å². The fourth-order valence-corrected chi connectivity index (χ4v) is 8.57. The molecule has 3 aliphatic rings. The lowest BCUT2D eigenvalue weighted by Gasteiger charge is -2.38. The van der Waals surface area contributed by atoms with Gasteiger partial charge in [0.15, 0.2) is 0 Å². The molecule has 47 heavy (non-hydrogen) atoms. The lowest BCUT2D eigenvalue weighted by atomic mass is 9.68. The van der Waals surface area contributed by atoms with Crippen molar-refractivity contribution in [2.24, 2.45) is 35.5 Å². The Balaban J connectivity index is 1.20. The van der Waals surface area contributed by atoms with Crippen LogP contribution < -0.4 is 0 Å². The lowest BCUT2D eigenvalue weighted by Crippen LogP contribution is -2.27. The summed E-state index contributed by atoms with van der Waals surface area (Å²) in [6.45, 7) is 8.59. The van der Waals surface area contributed by atoms with Gasteiger partial charge in [0.05, 0.1) is 37.6 Å². The van der Waals surface area contributed by atoms with Gasteiger partial charge in [0.25, 0.3) is 0 Å². The third kappa shape index (κ3) is 11.9. The molecule has 0 bridgehead atoms. The van der Waals surface area contributed by atoms with Gasteiger partial charge < -0.3 is 19.7 Å². The molecule has 2 fully saturated rings. The Kier molecular flexibility index (Phi) is 15.5. The molecule has 0 radical (unpaired) electrons. The minimum Gasteiger partial charge on any atom is -0.462 e. The van der Waals surface area contributed by atoms with E-state index in [1.807, 2.05) is 0 Å². The Hall–Kier alpha value is -2.44. The number of aryl methyl sites for hydroxylation is 2. The van der Waals surface area contributed by atoms with Crippen molar-refractivity contribution in [3.8, 4) is 0 Å². The average Bonchev–Trinajstić information content (AvgIpc) is 3.11. The predicted molar refractivity (Wildman–Crippen MR) is 188 cm³/mol. The van der Waals surface area contributed by atoms with E-state index < -0.39 is 25.2 Å². The maximum absolute atomic E-state index is 12.1. The molecule has 2 N–H and O–H groups in total. The minimum atomic E-state index is -0.645. The van der Waals surface area contributed by atoms with E-state index >= 15 is 0 Å². The van der Waals surface area contributed by atoms with Gasteiger partial charge in [-0.2, -0.15) is 0 Å². The van der Waals surface area contributed by atoms with Crippen LogP contribution in [0.4, 0.5) is 0 Å². The molecule has 1 aromatic rings. The minimum absolute atomic E-state index is 0.00462. The van der Waals surface area contributed by atoms with Gasteiger partial charge >= 0.3 is 11.9 Å². The number of fused-ring (bicyclic) bond motifs is 1. The van der Waals surface area contributed by atoms with Crippen LogP contribution in [0.3, 0.4) is 0 Å². The zero-order chi connectivity index (χ0) is 33.6. The molecule has 3 aliphatic carbocycles. The van der Waals surface area contributed by atoms with Crippen molar-refractivity contribution < 1.29 is 29.3 Å². The first-order chi connectivity index (χ1) is 22.8. The summed E-state index contributed by atoms with van der Waals surface area (Å²) in [6.07, 6.45) is 23.6. The summed E-state index contributed by atoms with van der Waals surface area (Å²) in [6, 6.07) is 7.09. The van der Waals surface area contributed by atoms with Gasteiger partial charge in [-0.25, -0.2) is 9.59 Å².